The fourth-order valence-corrected chi connectivity index (χ4v) is 15.1. The first-order chi connectivity index (χ1) is 41.3. The number of terminal acetylenes is 1. The Hall–Kier alpha value is -7.77. The Morgan fingerprint density at radius 2 is 1.64 bits per heavy atom. The van der Waals surface area contributed by atoms with Crippen LogP contribution in [0.1, 0.15) is 121 Å². The number of alkyl halides is 1. The Morgan fingerprint density at radius 1 is 0.872 bits per heavy atom. The number of rotatable bonds is 11. The summed E-state index contributed by atoms with van der Waals surface area (Å²) in [7, 11) is 1.69. The van der Waals surface area contributed by atoms with Crippen molar-refractivity contribution in [1.82, 2.24) is 49.0 Å². The van der Waals surface area contributed by atoms with Crippen LogP contribution >= 0.6 is 0 Å². The molecule has 1 N–H and O–H groups in total. The summed E-state index contributed by atoms with van der Waals surface area (Å²) in [6.07, 6.45) is 13.7. The summed E-state index contributed by atoms with van der Waals surface area (Å²) in [4.78, 5) is 89.5. The first-order valence-corrected chi connectivity index (χ1v) is 30.4. The van der Waals surface area contributed by atoms with Crippen LogP contribution in [0.3, 0.4) is 0 Å². The van der Waals surface area contributed by atoms with Gasteiger partial charge in [0.25, 0.3) is 0 Å². The minimum Gasteiger partial charge on any atom is -0.461 e. The van der Waals surface area contributed by atoms with Gasteiger partial charge in [-0.15, -0.1) is 6.42 Å². The molecule has 452 valence electrons. The van der Waals surface area contributed by atoms with E-state index in [9.17, 15) is 24.0 Å². The first-order valence-electron chi connectivity index (χ1n) is 30.4. The van der Waals surface area contributed by atoms with E-state index in [1.807, 2.05) is 43.9 Å². The number of ether oxygens (including phenoxy) is 3. The second-order valence-electron chi connectivity index (χ2n) is 25.9. The smallest absolute Gasteiger partial charge is 0.410 e. The molecule has 7 fully saturated rings. The summed E-state index contributed by atoms with van der Waals surface area (Å²) < 4.78 is 70.8. The molecule has 6 aromatic rings. The Kier molecular flexibility index (Phi) is 14.8. The zero-order valence-corrected chi connectivity index (χ0v) is 49.1. The third-order valence-corrected chi connectivity index (χ3v) is 19.4. The lowest BCUT2D eigenvalue weighted by molar-refractivity contribution is -0.135. The molecule has 3 aromatic carbocycles. The number of fused-ring (bicyclic) bond motifs is 6. The van der Waals surface area contributed by atoms with Crippen molar-refractivity contribution in [2.24, 2.45) is 7.05 Å². The number of imidazole rings is 1. The van der Waals surface area contributed by atoms with E-state index < -0.39 is 46.5 Å². The Labute approximate surface area is 496 Å². The number of nitrogens with one attached hydrogen (secondary N) is 1. The molecule has 86 heavy (non-hydrogen) atoms. The van der Waals surface area contributed by atoms with Gasteiger partial charge in [0.15, 0.2) is 5.82 Å². The SMILES string of the molecule is C#Cc1c(F)ccc2cccc(-c3ncc4c(N5C[C@H]6CC[C@@H](C5)N6C(=O)OC(C)(C)C)nc(OC[C@@]56CCCN5[C@H](COC(=O)N5CCC(F)(CN7CCC(c8ccc9c(c8)n(C)c(=O)n9C8CCC(=O)NC8=O)CC7)CC5)CC6)nc4c3F)c12. The molecule has 0 spiro atoms. The molecular weight excluding hydrogens is 1110 g/mol. The Bertz CT molecular complexity index is 3810. The van der Waals surface area contributed by atoms with Crippen LogP contribution in [-0.2, 0) is 26.1 Å². The Balaban J connectivity index is 0.649. The molecular formula is C64H72F3N11O8. The van der Waals surface area contributed by atoms with Crippen LogP contribution < -0.4 is 20.6 Å². The number of imide groups is 1. The fraction of sp³-hybridized carbons (Fsp3) is 0.531. The molecule has 10 heterocycles. The molecule has 0 saturated carbocycles. The van der Waals surface area contributed by atoms with Crippen LogP contribution in [0.4, 0.5) is 28.6 Å². The molecule has 2 bridgehead atoms. The van der Waals surface area contributed by atoms with Gasteiger partial charge in [-0.25, -0.2) is 27.6 Å². The standard InChI is InChI=1S/C64H72F3N11O8/c1-6-44-47(65)15-11-39-9-7-10-45(52(39)44)54-53(66)55-46(32-68-54)56(75-33-41-13-14-42(34-75)77(41)61(83)86-62(2,3)4)71-58(70-55)85-37-64-22-8-26-76(64)43(19-23-64)35-84-60(82)74-29-24-63(67,25-30-74)36-73-27-20-38(21-28-73)40-12-16-48-50(31-40)72(5)59(81)78(48)49-17-18-51(79)69-57(49)80/h1,7,9-12,15-16,31-32,38,41-43,49H,8,13-14,17-30,33-37H2,2-5H3,(H,69,79,80)/t41-,42+,43-,49?,64-/m0/s1. The van der Waals surface area contributed by atoms with Gasteiger partial charge in [0.1, 0.15) is 53.4 Å². The summed E-state index contributed by atoms with van der Waals surface area (Å²) in [6, 6.07) is 12.8. The number of piperazine rings is 1. The number of benzene rings is 3. The predicted molar refractivity (Wildman–Crippen MR) is 315 cm³/mol. The number of halogens is 3. The largest absolute Gasteiger partial charge is 0.461 e. The summed E-state index contributed by atoms with van der Waals surface area (Å²) in [5, 5.41) is 3.69. The number of hydrogen-bond donors (Lipinski definition) is 1. The van der Waals surface area contributed by atoms with Crippen molar-refractivity contribution in [2.45, 2.75) is 145 Å². The van der Waals surface area contributed by atoms with Gasteiger partial charge in [0.05, 0.1) is 39.6 Å². The summed E-state index contributed by atoms with van der Waals surface area (Å²) in [6.45, 7) is 9.64. The number of aromatic nitrogens is 5. The highest BCUT2D eigenvalue weighted by Crippen LogP contribution is 2.45. The fourth-order valence-electron chi connectivity index (χ4n) is 15.1. The number of piperidine rings is 3. The van der Waals surface area contributed by atoms with Gasteiger partial charge in [0.2, 0.25) is 11.8 Å². The van der Waals surface area contributed by atoms with Crippen LogP contribution in [0.2, 0.25) is 0 Å². The molecule has 5 atom stereocenters. The van der Waals surface area contributed by atoms with Gasteiger partial charge in [-0.3, -0.25) is 38.8 Å². The average Bonchev–Trinajstić information content (AvgIpc) is 1.52. The first kappa shape index (κ1) is 57.3. The van der Waals surface area contributed by atoms with Gasteiger partial charge < -0.3 is 28.9 Å². The van der Waals surface area contributed by atoms with E-state index in [-0.39, 0.29) is 123 Å². The maximum Gasteiger partial charge on any atom is 0.410 e. The second kappa shape index (κ2) is 22.2. The van der Waals surface area contributed by atoms with Crippen LogP contribution in [0.15, 0.2) is 59.5 Å². The molecule has 3 aromatic heterocycles. The average molecular weight is 1180 g/mol. The normalized spacial score (nSPS) is 24.6. The van der Waals surface area contributed by atoms with Crippen molar-refractivity contribution < 1.29 is 46.6 Å². The molecule has 7 aliphatic heterocycles. The maximum absolute atomic E-state index is 17.5. The number of nitrogens with zero attached hydrogens (tertiary/aromatic N) is 10. The zero-order valence-electron chi connectivity index (χ0n) is 49.1. The highest BCUT2D eigenvalue weighted by Gasteiger charge is 2.51. The van der Waals surface area contributed by atoms with Gasteiger partial charge >= 0.3 is 23.9 Å². The van der Waals surface area contributed by atoms with Gasteiger partial charge in [-0.2, -0.15) is 9.97 Å². The number of likely N-dealkylation sites (tertiary alicyclic amines) is 2. The van der Waals surface area contributed by atoms with Crippen molar-refractivity contribution in [2.75, 3.05) is 70.5 Å². The number of aryl methyl sites for hydroxylation is 1. The lowest BCUT2D eigenvalue weighted by atomic mass is 9.87. The molecule has 7 saturated heterocycles. The van der Waals surface area contributed by atoms with Crippen molar-refractivity contribution >= 4 is 62.5 Å². The quantitative estimate of drug-likeness (QED) is 0.0960. The topological polar surface area (TPSA) is 190 Å². The minimum atomic E-state index is -1.46. The summed E-state index contributed by atoms with van der Waals surface area (Å²) in [5.74, 6) is 0.924. The third kappa shape index (κ3) is 10.4. The summed E-state index contributed by atoms with van der Waals surface area (Å²) >= 11 is 0. The van der Waals surface area contributed by atoms with E-state index in [4.69, 9.17) is 30.6 Å². The lowest BCUT2D eigenvalue weighted by Gasteiger charge is -2.42. The van der Waals surface area contributed by atoms with Crippen molar-refractivity contribution in [3.63, 3.8) is 0 Å². The summed E-state index contributed by atoms with van der Waals surface area (Å²) in [5.41, 5.74) is -0.186. The van der Waals surface area contributed by atoms with Gasteiger partial charge in [-0.05, 0) is 133 Å². The number of pyridine rings is 1. The molecule has 22 heteroatoms. The minimum absolute atomic E-state index is 0.000396. The van der Waals surface area contributed by atoms with E-state index in [1.54, 1.807) is 40.8 Å². The molecule has 0 aliphatic carbocycles. The lowest BCUT2D eigenvalue weighted by Crippen LogP contribution is -2.57. The third-order valence-electron chi connectivity index (χ3n) is 19.4. The molecule has 1 unspecified atom stereocenters. The van der Waals surface area contributed by atoms with E-state index in [0.717, 1.165) is 69.0 Å². The van der Waals surface area contributed by atoms with Crippen molar-refractivity contribution in [3.05, 3.63) is 88.0 Å². The number of hydrogen-bond acceptors (Lipinski definition) is 14. The van der Waals surface area contributed by atoms with Crippen LogP contribution in [0.25, 0.3) is 44.0 Å². The number of carbonyl (C=O) groups excluding carboxylic acids is 4. The maximum atomic E-state index is 17.5. The highest BCUT2D eigenvalue weighted by atomic mass is 19.1. The van der Waals surface area contributed by atoms with Crippen LogP contribution in [-0.4, -0.2) is 168 Å². The van der Waals surface area contributed by atoms with E-state index in [1.165, 1.54) is 16.8 Å². The zero-order chi connectivity index (χ0) is 60.0. The molecule has 19 nitrogen and oxygen atoms in total. The number of amides is 4. The second-order valence-corrected chi connectivity index (χ2v) is 25.9. The molecule has 0 radical (unpaired) electrons. The molecule has 13 rings (SSSR count). The van der Waals surface area contributed by atoms with Gasteiger partial charge in [0, 0.05) is 82.2 Å². The van der Waals surface area contributed by atoms with E-state index in [0.29, 0.717) is 59.2 Å². The van der Waals surface area contributed by atoms with Crippen molar-refractivity contribution in [1.29, 1.82) is 0 Å². The Morgan fingerprint density at radius 3 is 2.37 bits per heavy atom. The van der Waals surface area contributed by atoms with Gasteiger partial charge in [-0.1, -0.05) is 36.3 Å². The van der Waals surface area contributed by atoms with E-state index in [2.05, 4.69) is 30.9 Å². The van der Waals surface area contributed by atoms with E-state index >= 15 is 13.2 Å². The van der Waals surface area contributed by atoms with Crippen molar-refractivity contribution in [3.8, 4) is 29.6 Å². The van der Waals surface area contributed by atoms with Crippen LogP contribution in [0, 0.1) is 24.0 Å². The predicted octanol–water partition coefficient (Wildman–Crippen LogP) is 8.52. The number of carbonyl (C=O) groups is 4. The van der Waals surface area contributed by atoms with Crippen LogP contribution in [0.5, 0.6) is 6.01 Å². The molecule has 7 aliphatic rings. The monoisotopic (exact) mass is 1180 g/mol. The highest BCUT2D eigenvalue weighted by molar-refractivity contribution is 6.02. The number of anilines is 1. The molecule has 4 amide bonds.